The Labute approximate surface area is 261 Å². The first-order valence-corrected chi connectivity index (χ1v) is 16.3. The van der Waals surface area contributed by atoms with Gasteiger partial charge in [-0.05, 0) is 47.5 Å². The Morgan fingerprint density at radius 3 is 1.71 bits per heavy atom. The van der Waals surface area contributed by atoms with Crippen LogP contribution in [0.15, 0.2) is 109 Å². The van der Waals surface area contributed by atoms with Crippen LogP contribution in [0, 0.1) is 0 Å². The lowest BCUT2D eigenvalue weighted by molar-refractivity contribution is -0.125. The highest BCUT2D eigenvalue weighted by Crippen LogP contribution is 2.38. The molecule has 1 N–H and O–H groups in total. The van der Waals surface area contributed by atoms with E-state index in [4.69, 9.17) is 0 Å². The highest BCUT2D eigenvalue weighted by Gasteiger charge is 2.42. The molecule has 0 unspecified atom stereocenters. The summed E-state index contributed by atoms with van der Waals surface area (Å²) >= 11 is 0. The van der Waals surface area contributed by atoms with E-state index in [-0.39, 0.29) is 19.6 Å². The number of hydrogen-bond donors (Lipinski definition) is 1. The Morgan fingerprint density at radius 1 is 0.711 bits per heavy atom. The first-order chi connectivity index (χ1) is 21.7. The van der Waals surface area contributed by atoms with Gasteiger partial charge in [-0.2, -0.15) is 0 Å². The van der Waals surface area contributed by atoms with Gasteiger partial charge in [0.1, 0.15) is 6.04 Å². The van der Waals surface area contributed by atoms with Gasteiger partial charge in [-0.3, -0.25) is 19.3 Å². The lowest BCUT2D eigenvalue weighted by atomic mass is 10.1. The molecule has 4 aromatic rings. The summed E-state index contributed by atoms with van der Waals surface area (Å²) in [5, 5.41) is 0. The normalized spacial score (nSPS) is 15.8. The van der Waals surface area contributed by atoms with Crippen molar-refractivity contribution in [2.45, 2.75) is 6.04 Å². The standard InChI is InChI=1S/C34H31N5O5S/c1-45(43,44)35-32(40)31-24-36(33(41)38(27-14-4-2-5-15-27)28-16-6-3-7-17-28)22-23-37(31)34(42)39-29-18-10-8-12-25(29)20-21-26-13-9-11-19-30(26)39/h2-21,31H,22-24H2,1H3,(H,35,40)/t31-/m0/s1. The molecular formula is C34H31N5O5S. The maximum Gasteiger partial charge on any atom is 0.329 e. The predicted octanol–water partition coefficient (Wildman–Crippen LogP) is 5.45. The molecule has 45 heavy (non-hydrogen) atoms. The van der Waals surface area contributed by atoms with Crippen LogP contribution in [0.3, 0.4) is 0 Å². The van der Waals surface area contributed by atoms with Crippen molar-refractivity contribution in [2.24, 2.45) is 0 Å². The fourth-order valence-corrected chi connectivity index (χ4v) is 6.14. The van der Waals surface area contributed by atoms with Gasteiger partial charge in [-0.15, -0.1) is 0 Å². The molecule has 0 spiro atoms. The van der Waals surface area contributed by atoms with Crippen LogP contribution < -0.4 is 14.5 Å². The van der Waals surface area contributed by atoms with Gasteiger partial charge in [0.2, 0.25) is 10.0 Å². The molecule has 10 nitrogen and oxygen atoms in total. The molecule has 1 fully saturated rings. The Bertz CT molecular complexity index is 1790. The van der Waals surface area contributed by atoms with Crippen molar-refractivity contribution in [1.82, 2.24) is 14.5 Å². The van der Waals surface area contributed by atoms with Crippen LogP contribution in [0.4, 0.5) is 32.3 Å². The second-order valence-electron chi connectivity index (χ2n) is 10.8. The molecule has 6 rings (SSSR count). The number of sulfonamides is 1. The molecular weight excluding hydrogens is 590 g/mol. The van der Waals surface area contributed by atoms with E-state index in [1.54, 1.807) is 29.2 Å². The van der Waals surface area contributed by atoms with Crippen LogP contribution in [0.25, 0.3) is 12.2 Å². The summed E-state index contributed by atoms with van der Waals surface area (Å²) in [6.45, 7) is -0.131. The van der Waals surface area contributed by atoms with Crippen LogP contribution in [0.1, 0.15) is 11.1 Å². The second kappa shape index (κ2) is 12.3. The average Bonchev–Trinajstić information content (AvgIpc) is 3.21. The molecule has 5 amide bonds. The largest absolute Gasteiger partial charge is 0.329 e. The van der Waals surface area contributed by atoms with Crippen molar-refractivity contribution < 1.29 is 22.8 Å². The summed E-state index contributed by atoms with van der Waals surface area (Å²) in [6, 6.07) is 30.8. The van der Waals surface area contributed by atoms with Gasteiger partial charge in [0.15, 0.2) is 0 Å². The van der Waals surface area contributed by atoms with Crippen molar-refractivity contribution in [2.75, 3.05) is 35.7 Å². The minimum atomic E-state index is -3.96. The number of para-hydroxylation sites is 4. The quantitative estimate of drug-likeness (QED) is 0.326. The van der Waals surface area contributed by atoms with E-state index in [0.29, 0.717) is 22.7 Å². The van der Waals surface area contributed by atoms with Crippen LogP contribution >= 0.6 is 0 Å². The van der Waals surface area contributed by atoms with Gasteiger partial charge in [-0.1, -0.05) is 84.9 Å². The molecule has 1 saturated heterocycles. The summed E-state index contributed by atoms with van der Waals surface area (Å²) in [6.07, 6.45) is 4.73. The van der Waals surface area contributed by atoms with Crippen LogP contribution in [0.2, 0.25) is 0 Å². The summed E-state index contributed by atoms with van der Waals surface area (Å²) in [7, 11) is -3.96. The predicted molar refractivity (Wildman–Crippen MR) is 175 cm³/mol. The maximum atomic E-state index is 14.5. The van der Waals surface area contributed by atoms with E-state index >= 15 is 0 Å². The highest BCUT2D eigenvalue weighted by molar-refractivity contribution is 7.89. The molecule has 0 aromatic heterocycles. The molecule has 2 aliphatic heterocycles. The Morgan fingerprint density at radius 2 is 1.20 bits per heavy atom. The second-order valence-corrected chi connectivity index (χ2v) is 12.5. The van der Waals surface area contributed by atoms with E-state index in [1.807, 2.05) is 102 Å². The van der Waals surface area contributed by atoms with E-state index in [2.05, 4.69) is 0 Å². The number of rotatable bonds is 4. The summed E-state index contributed by atoms with van der Waals surface area (Å²) in [4.78, 5) is 48.2. The Hall–Kier alpha value is -5.42. The third kappa shape index (κ3) is 6.16. The third-order valence-electron chi connectivity index (χ3n) is 7.69. The van der Waals surface area contributed by atoms with E-state index in [0.717, 1.165) is 17.4 Å². The fourth-order valence-electron chi connectivity index (χ4n) is 5.63. The summed E-state index contributed by atoms with van der Waals surface area (Å²) in [5.41, 5.74) is 4.07. The number of carbonyl (C=O) groups excluding carboxylic acids is 3. The van der Waals surface area contributed by atoms with Crippen molar-refractivity contribution in [3.8, 4) is 0 Å². The third-order valence-corrected chi connectivity index (χ3v) is 8.27. The molecule has 0 saturated carbocycles. The number of piperazine rings is 1. The number of benzene rings is 4. The molecule has 2 heterocycles. The smallest absolute Gasteiger partial charge is 0.320 e. The molecule has 2 aliphatic rings. The highest BCUT2D eigenvalue weighted by atomic mass is 32.2. The lowest BCUT2D eigenvalue weighted by Gasteiger charge is -2.43. The average molecular weight is 622 g/mol. The number of carbonyl (C=O) groups is 3. The van der Waals surface area contributed by atoms with Crippen molar-refractivity contribution in [3.63, 3.8) is 0 Å². The molecule has 0 bridgehead atoms. The van der Waals surface area contributed by atoms with Gasteiger partial charge in [0.05, 0.1) is 35.6 Å². The van der Waals surface area contributed by atoms with Gasteiger partial charge in [0.25, 0.3) is 5.91 Å². The van der Waals surface area contributed by atoms with Crippen molar-refractivity contribution >= 4 is 62.9 Å². The monoisotopic (exact) mass is 621 g/mol. The first-order valence-electron chi connectivity index (χ1n) is 14.4. The van der Waals surface area contributed by atoms with E-state index < -0.39 is 34.0 Å². The molecule has 11 heteroatoms. The maximum absolute atomic E-state index is 14.5. The number of urea groups is 2. The van der Waals surface area contributed by atoms with Gasteiger partial charge in [-0.25, -0.2) is 18.0 Å². The minimum Gasteiger partial charge on any atom is -0.320 e. The fraction of sp³-hybridized carbons (Fsp3) is 0.147. The molecule has 228 valence electrons. The Balaban J connectivity index is 1.37. The molecule has 0 radical (unpaired) electrons. The SMILES string of the molecule is CS(=O)(=O)NC(=O)[C@@H]1CN(C(=O)N(c2ccccc2)c2ccccc2)CCN1C(=O)N1c2ccccc2C=Cc2ccccc21. The number of fused-ring (bicyclic) bond motifs is 2. The summed E-state index contributed by atoms with van der Waals surface area (Å²) in [5.74, 6) is -0.899. The zero-order chi connectivity index (χ0) is 31.6. The van der Waals surface area contributed by atoms with E-state index in [9.17, 15) is 22.8 Å². The van der Waals surface area contributed by atoms with Gasteiger partial charge in [0, 0.05) is 13.1 Å². The van der Waals surface area contributed by atoms with E-state index in [1.165, 1.54) is 14.7 Å². The van der Waals surface area contributed by atoms with Gasteiger partial charge >= 0.3 is 12.1 Å². The number of nitrogens with zero attached hydrogens (tertiary/aromatic N) is 4. The minimum absolute atomic E-state index is 0.0158. The lowest BCUT2D eigenvalue weighted by Crippen LogP contribution is -2.64. The molecule has 1 atom stereocenters. The molecule has 4 aromatic carbocycles. The number of anilines is 4. The zero-order valence-corrected chi connectivity index (χ0v) is 25.3. The van der Waals surface area contributed by atoms with Crippen molar-refractivity contribution in [3.05, 3.63) is 120 Å². The topological polar surface area (TPSA) is 110 Å². The summed E-state index contributed by atoms with van der Waals surface area (Å²) < 4.78 is 26.4. The number of amides is 5. The van der Waals surface area contributed by atoms with Crippen LogP contribution in [-0.2, 0) is 14.8 Å². The van der Waals surface area contributed by atoms with Crippen LogP contribution in [-0.4, -0.2) is 68.1 Å². The number of nitrogens with one attached hydrogen (secondary N) is 1. The van der Waals surface area contributed by atoms with Gasteiger partial charge < -0.3 is 9.80 Å². The number of hydrogen-bond acceptors (Lipinski definition) is 5. The van der Waals surface area contributed by atoms with Crippen LogP contribution in [0.5, 0.6) is 0 Å². The molecule has 0 aliphatic carbocycles. The first kappa shape index (κ1) is 29.6. The Kier molecular flexibility index (Phi) is 8.10. The van der Waals surface area contributed by atoms with Crippen molar-refractivity contribution in [1.29, 1.82) is 0 Å². The zero-order valence-electron chi connectivity index (χ0n) is 24.5.